The first-order valence-corrected chi connectivity index (χ1v) is 3.85. The molecule has 0 rings (SSSR count). The molecule has 66 valence electrons. The number of aliphatic imine (C=N–C) groups is 1. The average molecular weight is 157 g/mol. The summed E-state index contributed by atoms with van der Waals surface area (Å²) in [5.41, 5.74) is 6.10. The molecular weight excluding hydrogens is 138 g/mol. The topological polar surface area (TPSA) is 50.4 Å². The maximum absolute atomic E-state index is 5.37. The van der Waals surface area contributed by atoms with Gasteiger partial charge in [0, 0.05) is 12.4 Å². The molecule has 0 aromatic heterocycles. The van der Waals surface area contributed by atoms with Crippen LogP contribution in [0.2, 0.25) is 0 Å². The molecule has 0 unspecified atom stereocenters. The van der Waals surface area contributed by atoms with Gasteiger partial charge in [-0.25, -0.2) is 4.99 Å². The minimum Gasteiger partial charge on any atom is -0.395 e. The van der Waals surface area contributed by atoms with Gasteiger partial charge in [-0.2, -0.15) is 0 Å². The van der Waals surface area contributed by atoms with Gasteiger partial charge >= 0.3 is 0 Å². The molecule has 0 aliphatic heterocycles. The van der Waals surface area contributed by atoms with Crippen LogP contribution in [0.25, 0.3) is 0 Å². The van der Waals surface area contributed by atoms with E-state index < -0.39 is 0 Å². The maximum Gasteiger partial charge on any atom is 0.0702 e. The molecule has 3 heteroatoms. The summed E-state index contributed by atoms with van der Waals surface area (Å²) < 4.78 is 0. The second kappa shape index (κ2) is 11.9. The fourth-order valence-electron chi connectivity index (χ4n) is 0.260. The van der Waals surface area contributed by atoms with Crippen LogP contribution in [0.15, 0.2) is 10.7 Å². The van der Waals surface area contributed by atoms with Gasteiger partial charge in [0.2, 0.25) is 0 Å². The lowest BCUT2D eigenvalue weighted by Gasteiger charge is -1.83. The molecule has 0 amide bonds. The molecule has 0 aliphatic rings. The number of rotatable bonds is 2. The van der Waals surface area contributed by atoms with E-state index in [0.29, 0.717) is 0 Å². The van der Waals surface area contributed by atoms with E-state index in [9.17, 15) is 0 Å². The van der Waals surface area contributed by atoms with Gasteiger partial charge in [0.15, 0.2) is 0 Å². The van der Waals surface area contributed by atoms with Crippen LogP contribution >= 0.6 is 0 Å². The molecule has 0 heterocycles. The fourth-order valence-corrected chi connectivity index (χ4v) is 0.260. The zero-order valence-corrected chi connectivity index (χ0v) is 7.94. The molecule has 0 aromatic rings. The van der Waals surface area contributed by atoms with Gasteiger partial charge in [-0.1, -0.05) is 6.92 Å². The third-order valence-electron chi connectivity index (χ3n) is 0.762. The highest BCUT2D eigenvalue weighted by Crippen LogP contribution is 1.80. The first-order chi connectivity index (χ1) is 5.22. The summed E-state index contributed by atoms with van der Waals surface area (Å²) in [6.45, 7) is 4.70. The van der Waals surface area contributed by atoms with Crippen molar-refractivity contribution in [2.75, 3.05) is 20.6 Å². The summed E-state index contributed by atoms with van der Waals surface area (Å²) in [5, 5.41) is 2.75. The highest BCUT2D eigenvalue weighted by atomic mass is 14.7. The summed E-state index contributed by atoms with van der Waals surface area (Å²) in [4.78, 5) is 3.83. The lowest BCUT2D eigenvalue weighted by Crippen LogP contribution is -1.94. The molecule has 3 N–H and O–H groups in total. The Bertz CT molecular complexity index is 123. The Morgan fingerprint density at radius 1 is 1.45 bits per heavy atom. The summed E-state index contributed by atoms with van der Waals surface area (Å²) >= 11 is 0. The highest BCUT2D eigenvalue weighted by Gasteiger charge is 1.75. The third-order valence-corrected chi connectivity index (χ3v) is 0.762. The molecule has 0 aromatic carbocycles. The standard InChI is InChI=1S/C6H12N2.C2H7N/c1-3-6(7)5-8-4-2;1-3-2/h3-4,7H2,1-2H3;3H,1-2H3. The molecular formula is C8H19N3. The smallest absolute Gasteiger partial charge is 0.0702 e. The van der Waals surface area contributed by atoms with Crippen molar-refractivity contribution in [1.29, 1.82) is 0 Å². The molecule has 11 heavy (non-hydrogen) atoms. The van der Waals surface area contributed by atoms with Gasteiger partial charge in [0.05, 0.1) is 5.70 Å². The van der Waals surface area contributed by atoms with Crippen LogP contribution in [0.5, 0.6) is 0 Å². The number of allylic oxidation sites excluding steroid dienone is 1. The van der Waals surface area contributed by atoms with Crippen molar-refractivity contribution in [1.82, 2.24) is 5.32 Å². The number of nitrogens with zero attached hydrogens (tertiary/aromatic N) is 1. The monoisotopic (exact) mass is 157 g/mol. The molecule has 0 bridgehead atoms. The Kier molecular flexibility index (Phi) is 13.9. The van der Waals surface area contributed by atoms with Crippen molar-refractivity contribution >= 4 is 5.87 Å². The van der Waals surface area contributed by atoms with Gasteiger partial charge in [0.25, 0.3) is 0 Å². The first-order valence-electron chi connectivity index (χ1n) is 3.85. The minimum atomic E-state index is 0.729. The van der Waals surface area contributed by atoms with Gasteiger partial charge in [-0.15, -0.1) is 0 Å². The second-order valence-electron chi connectivity index (χ2n) is 1.96. The lowest BCUT2D eigenvalue weighted by atomic mass is 10.4. The van der Waals surface area contributed by atoms with Gasteiger partial charge < -0.3 is 11.1 Å². The van der Waals surface area contributed by atoms with Crippen molar-refractivity contribution in [2.24, 2.45) is 10.7 Å². The van der Waals surface area contributed by atoms with Gasteiger partial charge in [-0.05, 0) is 27.4 Å². The van der Waals surface area contributed by atoms with E-state index in [0.717, 1.165) is 18.7 Å². The highest BCUT2D eigenvalue weighted by molar-refractivity contribution is 5.56. The fraction of sp³-hybridized carbons (Fsp3) is 0.750. The number of nitrogens with two attached hydrogens (primary N) is 1. The molecule has 0 spiro atoms. The Balaban J connectivity index is 0. The van der Waals surface area contributed by atoms with Crippen LogP contribution in [0.1, 0.15) is 20.3 Å². The van der Waals surface area contributed by atoms with Crippen molar-refractivity contribution in [3.8, 4) is 0 Å². The maximum atomic E-state index is 5.37. The third kappa shape index (κ3) is 17.6. The summed E-state index contributed by atoms with van der Waals surface area (Å²) in [5.74, 6) is 2.70. The number of hydrogen-bond donors (Lipinski definition) is 2. The number of nitrogens with one attached hydrogen (secondary N) is 1. The minimum absolute atomic E-state index is 0.729. The lowest BCUT2D eigenvalue weighted by molar-refractivity contribution is 1.02. The Morgan fingerprint density at radius 3 is 2.18 bits per heavy atom. The zero-order chi connectivity index (χ0) is 9.11. The van der Waals surface area contributed by atoms with E-state index in [-0.39, 0.29) is 0 Å². The molecule has 0 saturated heterocycles. The molecule has 3 nitrogen and oxygen atoms in total. The largest absolute Gasteiger partial charge is 0.395 e. The normalized spacial score (nSPS) is 7.27. The SMILES string of the molecule is CCN=C=C(N)CC.CNC. The summed E-state index contributed by atoms with van der Waals surface area (Å²) in [6.07, 6.45) is 0.837. The Labute approximate surface area is 69.4 Å². The van der Waals surface area contributed by atoms with E-state index in [1.807, 2.05) is 27.9 Å². The van der Waals surface area contributed by atoms with E-state index in [4.69, 9.17) is 5.73 Å². The molecule has 0 fully saturated rings. The average Bonchev–Trinajstić information content (AvgIpc) is 2.02. The Hall–Kier alpha value is -0.790. The van der Waals surface area contributed by atoms with Crippen LogP contribution in [0, 0.1) is 0 Å². The Morgan fingerprint density at radius 2 is 1.91 bits per heavy atom. The van der Waals surface area contributed by atoms with Crippen molar-refractivity contribution < 1.29 is 0 Å². The quantitative estimate of drug-likeness (QED) is 0.581. The van der Waals surface area contributed by atoms with Crippen LogP contribution < -0.4 is 11.1 Å². The van der Waals surface area contributed by atoms with Crippen LogP contribution in [0.4, 0.5) is 0 Å². The van der Waals surface area contributed by atoms with Gasteiger partial charge in [-0.3, -0.25) is 0 Å². The molecule has 0 saturated carbocycles. The van der Waals surface area contributed by atoms with Crippen molar-refractivity contribution in [2.45, 2.75) is 20.3 Å². The van der Waals surface area contributed by atoms with Gasteiger partial charge in [0.1, 0.15) is 0 Å². The first kappa shape index (κ1) is 12.8. The molecule has 0 aliphatic carbocycles. The van der Waals surface area contributed by atoms with Crippen LogP contribution in [0.3, 0.4) is 0 Å². The van der Waals surface area contributed by atoms with E-state index in [1.54, 1.807) is 0 Å². The summed E-state index contributed by atoms with van der Waals surface area (Å²) in [7, 11) is 3.75. The van der Waals surface area contributed by atoms with Crippen molar-refractivity contribution in [3.05, 3.63) is 5.70 Å². The summed E-state index contributed by atoms with van der Waals surface area (Å²) in [6, 6.07) is 0. The van der Waals surface area contributed by atoms with Crippen molar-refractivity contribution in [3.63, 3.8) is 0 Å². The zero-order valence-electron chi connectivity index (χ0n) is 7.94. The van der Waals surface area contributed by atoms with E-state index in [2.05, 4.69) is 16.2 Å². The number of hydrogen-bond acceptors (Lipinski definition) is 3. The van der Waals surface area contributed by atoms with E-state index >= 15 is 0 Å². The predicted molar refractivity (Wildman–Crippen MR) is 51.0 cm³/mol. The molecule has 0 atom stereocenters. The van der Waals surface area contributed by atoms with Crippen LogP contribution in [-0.4, -0.2) is 26.5 Å². The molecule has 0 radical (unpaired) electrons. The predicted octanol–water partition coefficient (Wildman–Crippen LogP) is 0.764. The van der Waals surface area contributed by atoms with Crippen LogP contribution in [-0.2, 0) is 0 Å². The second-order valence-corrected chi connectivity index (χ2v) is 1.96. The van der Waals surface area contributed by atoms with E-state index in [1.165, 1.54) is 0 Å².